The van der Waals surface area contributed by atoms with Crippen LogP contribution in [0.15, 0.2) is 35.5 Å². The van der Waals surface area contributed by atoms with Crippen molar-refractivity contribution in [3.8, 4) is 0 Å². The first-order valence-electron chi connectivity index (χ1n) is 5.51. The minimum absolute atomic E-state index is 0.0708. The second-order valence-corrected chi connectivity index (χ2v) is 4.68. The summed E-state index contributed by atoms with van der Waals surface area (Å²) in [5.41, 5.74) is 1.06. The van der Waals surface area contributed by atoms with Gasteiger partial charge in [-0.25, -0.2) is 4.98 Å². The molecule has 0 saturated carbocycles. The van der Waals surface area contributed by atoms with Crippen molar-refractivity contribution in [3.05, 3.63) is 42.0 Å². The molecule has 0 saturated heterocycles. The van der Waals surface area contributed by atoms with Crippen LogP contribution in [0.25, 0.3) is 0 Å². The number of carbonyl (C=O) groups excluding carboxylic acids is 1. The second-order valence-electron chi connectivity index (χ2n) is 3.80. The number of hydrogen-bond donors (Lipinski definition) is 2. The predicted octanol–water partition coefficient (Wildman–Crippen LogP) is 2.02. The number of H-pyrrole nitrogens is 1. The average Bonchev–Trinajstić information content (AvgIpc) is 2.92. The number of nitrogens with zero attached hydrogens (tertiary/aromatic N) is 2. The molecular weight excluding hydrogens is 248 g/mol. The summed E-state index contributed by atoms with van der Waals surface area (Å²) in [6, 6.07) is 8.03. The molecule has 1 heterocycles. The molecule has 1 aromatic carbocycles. The highest BCUT2D eigenvalue weighted by molar-refractivity contribution is 7.98. The van der Waals surface area contributed by atoms with Gasteiger partial charge < -0.3 is 5.32 Å². The fraction of sp³-hybridized carbons (Fsp3) is 0.250. The smallest absolute Gasteiger partial charge is 0.289 e. The summed E-state index contributed by atoms with van der Waals surface area (Å²) >= 11 is 1.69. The van der Waals surface area contributed by atoms with Crippen LogP contribution in [0.2, 0.25) is 0 Å². The maximum Gasteiger partial charge on any atom is 0.289 e. The first-order valence-corrected chi connectivity index (χ1v) is 6.73. The Hall–Kier alpha value is -1.82. The van der Waals surface area contributed by atoms with E-state index in [0.29, 0.717) is 0 Å². The molecule has 1 amide bonds. The first-order chi connectivity index (χ1) is 8.70. The van der Waals surface area contributed by atoms with Gasteiger partial charge in [0, 0.05) is 4.90 Å². The van der Waals surface area contributed by atoms with Crippen molar-refractivity contribution in [2.75, 3.05) is 6.26 Å². The lowest BCUT2D eigenvalue weighted by Gasteiger charge is -2.13. The molecule has 0 radical (unpaired) electrons. The van der Waals surface area contributed by atoms with Gasteiger partial charge in [0.05, 0.1) is 6.04 Å². The molecule has 0 spiro atoms. The predicted molar refractivity (Wildman–Crippen MR) is 70.5 cm³/mol. The van der Waals surface area contributed by atoms with E-state index in [0.717, 1.165) is 5.56 Å². The van der Waals surface area contributed by atoms with Crippen LogP contribution < -0.4 is 5.32 Å². The van der Waals surface area contributed by atoms with E-state index >= 15 is 0 Å². The van der Waals surface area contributed by atoms with Gasteiger partial charge in [0.1, 0.15) is 6.33 Å². The zero-order valence-corrected chi connectivity index (χ0v) is 11.0. The van der Waals surface area contributed by atoms with Crippen molar-refractivity contribution in [3.63, 3.8) is 0 Å². The number of amides is 1. The lowest BCUT2D eigenvalue weighted by atomic mass is 10.1. The lowest BCUT2D eigenvalue weighted by Crippen LogP contribution is -2.27. The summed E-state index contributed by atoms with van der Waals surface area (Å²) in [5.74, 6) is -0.0310. The van der Waals surface area contributed by atoms with Crippen molar-refractivity contribution < 1.29 is 4.79 Å². The van der Waals surface area contributed by atoms with E-state index in [1.807, 2.05) is 37.4 Å². The standard InChI is InChI=1S/C12H14N4OS/c1-8(9-3-5-10(18-2)6-4-9)15-12(17)11-13-7-14-16-11/h3-8H,1-2H3,(H,15,17)(H,13,14,16). The van der Waals surface area contributed by atoms with Gasteiger partial charge in [-0.05, 0) is 30.9 Å². The van der Waals surface area contributed by atoms with Crippen LogP contribution in [-0.2, 0) is 0 Å². The molecule has 0 aliphatic carbocycles. The maximum absolute atomic E-state index is 11.8. The third-order valence-corrected chi connectivity index (χ3v) is 3.34. The van der Waals surface area contributed by atoms with Gasteiger partial charge in [-0.15, -0.1) is 11.8 Å². The van der Waals surface area contributed by atoms with Gasteiger partial charge in [-0.1, -0.05) is 12.1 Å². The Labute approximate surface area is 109 Å². The Balaban J connectivity index is 2.02. The molecule has 94 valence electrons. The number of aromatic nitrogens is 3. The first kappa shape index (κ1) is 12.6. The van der Waals surface area contributed by atoms with Crippen LogP contribution in [0.4, 0.5) is 0 Å². The topological polar surface area (TPSA) is 70.7 Å². The third-order valence-electron chi connectivity index (χ3n) is 2.59. The molecule has 5 nitrogen and oxygen atoms in total. The van der Waals surface area contributed by atoms with E-state index in [4.69, 9.17) is 0 Å². The van der Waals surface area contributed by atoms with Crippen molar-refractivity contribution in [2.24, 2.45) is 0 Å². The van der Waals surface area contributed by atoms with Crippen LogP contribution in [0.1, 0.15) is 29.1 Å². The minimum Gasteiger partial charge on any atom is -0.343 e. The number of aromatic amines is 1. The summed E-state index contributed by atoms with van der Waals surface area (Å²) in [6.45, 7) is 1.93. The van der Waals surface area contributed by atoms with Crippen LogP contribution >= 0.6 is 11.8 Å². The van der Waals surface area contributed by atoms with Crippen molar-refractivity contribution >= 4 is 17.7 Å². The summed E-state index contributed by atoms with van der Waals surface area (Å²) in [5, 5.41) is 9.04. The highest BCUT2D eigenvalue weighted by Gasteiger charge is 2.13. The van der Waals surface area contributed by atoms with E-state index in [9.17, 15) is 4.79 Å². The van der Waals surface area contributed by atoms with E-state index in [-0.39, 0.29) is 17.8 Å². The molecule has 0 fully saturated rings. The molecule has 0 aliphatic heterocycles. The second kappa shape index (κ2) is 5.68. The zero-order chi connectivity index (χ0) is 13.0. The van der Waals surface area contributed by atoms with E-state index in [1.54, 1.807) is 11.8 Å². The molecule has 2 N–H and O–H groups in total. The summed E-state index contributed by atoms with van der Waals surface area (Å²) in [4.78, 5) is 16.8. The molecule has 0 aliphatic rings. The molecule has 0 bridgehead atoms. The Morgan fingerprint density at radius 3 is 2.67 bits per heavy atom. The van der Waals surface area contributed by atoms with Gasteiger partial charge in [0.25, 0.3) is 5.91 Å². The van der Waals surface area contributed by atoms with E-state index < -0.39 is 0 Å². The quantitative estimate of drug-likeness (QED) is 0.827. The van der Waals surface area contributed by atoms with Crippen LogP contribution in [0.3, 0.4) is 0 Å². The van der Waals surface area contributed by atoms with E-state index in [1.165, 1.54) is 11.2 Å². The van der Waals surface area contributed by atoms with Gasteiger partial charge in [0.15, 0.2) is 0 Å². The molecule has 2 aromatic rings. The van der Waals surface area contributed by atoms with Gasteiger partial charge >= 0.3 is 0 Å². The largest absolute Gasteiger partial charge is 0.343 e. The van der Waals surface area contributed by atoms with Crippen LogP contribution in [0.5, 0.6) is 0 Å². The van der Waals surface area contributed by atoms with E-state index in [2.05, 4.69) is 20.5 Å². The Bertz CT molecular complexity index is 509. The van der Waals surface area contributed by atoms with Gasteiger partial charge in [0.2, 0.25) is 5.82 Å². The van der Waals surface area contributed by atoms with Crippen molar-refractivity contribution in [2.45, 2.75) is 17.9 Å². The Morgan fingerprint density at radius 1 is 1.39 bits per heavy atom. The fourth-order valence-electron chi connectivity index (χ4n) is 1.56. The van der Waals surface area contributed by atoms with Gasteiger partial charge in [-0.2, -0.15) is 5.10 Å². The number of hydrogen-bond acceptors (Lipinski definition) is 4. The highest BCUT2D eigenvalue weighted by atomic mass is 32.2. The number of carbonyl (C=O) groups is 1. The summed E-state index contributed by atoms with van der Waals surface area (Å²) in [6.07, 6.45) is 3.34. The maximum atomic E-state index is 11.8. The average molecular weight is 262 g/mol. The fourth-order valence-corrected chi connectivity index (χ4v) is 1.96. The zero-order valence-electron chi connectivity index (χ0n) is 10.2. The van der Waals surface area contributed by atoms with Gasteiger partial charge in [-0.3, -0.25) is 9.89 Å². The van der Waals surface area contributed by atoms with Crippen molar-refractivity contribution in [1.29, 1.82) is 0 Å². The molecule has 18 heavy (non-hydrogen) atoms. The number of rotatable bonds is 4. The Kier molecular flexibility index (Phi) is 3.99. The molecule has 1 atom stereocenters. The third kappa shape index (κ3) is 2.89. The van der Waals surface area contributed by atoms with Crippen LogP contribution in [0, 0.1) is 0 Å². The number of nitrogens with one attached hydrogen (secondary N) is 2. The molecule has 6 heteroatoms. The summed E-state index contributed by atoms with van der Waals surface area (Å²) < 4.78 is 0. The monoisotopic (exact) mass is 262 g/mol. The normalized spacial score (nSPS) is 12.1. The molecule has 1 aromatic heterocycles. The highest BCUT2D eigenvalue weighted by Crippen LogP contribution is 2.18. The van der Waals surface area contributed by atoms with Crippen molar-refractivity contribution in [1.82, 2.24) is 20.5 Å². The number of benzene rings is 1. The summed E-state index contributed by atoms with van der Waals surface area (Å²) in [7, 11) is 0. The lowest BCUT2D eigenvalue weighted by molar-refractivity contribution is 0.0930. The molecule has 1 unspecified atom stereocenters. The molecule has 2 rings (SSSR count). The minimum atomic E-state index is -0.256. The Morgan fingerprint density at radius 2 is 2.11 bits per heavy atom. The SMILES string of the molecule is CSc1ccc(C(C)NC(=O)c2ncn[nH]2)cc1. The van der Waals surface area contributed by atoms with Crippen LogP contribution in [-0.4, -0.2) is 27.3 Å². The number of thioether (sulfide) groups is 1. The molecular formula is C12H14N4OS.